The van der Waals surface area contributed by atoms with Crippen molar-refractivity contribution in [3.8, 4) is 0 Å². The summed E-state index contributed by atoms with van der Waals surface area (Å²) in [5, 5.41) is 0. The van der Waals surface area contributed by atoms with Crippen molar-refractivity contribution >= 4 is 11.1 Å². The highest BCUT2D eigenvalue weighted by Gasteiger charge is 2.14. The minimum Gasteiger partial charge on any atom is -0.0955 e. The van der Waals surface area contributed by atoms with E-state index in [-0.39, 0.29) is 0 Å². The molecular formula is C20H22. The minimum absolute atomic E-state index is 1.09. The number of rotatable bonds is 3. The van der Waals surface area contributed by atoms with E-state index < -0.39 is 0 Å². The Labute approximate surface area is 122 Å². The SMILES string of the molecule is C=C(C)c1c(C)cc(C)c(C(=C)c2ccccc2)c1C. The Hall–Kier alpha value is -2.08. The number of hydrogen-bond donors (Lipinski definition) is 0. The second-order valence-electron chi connectivity index (χ2n) is 5.51. The van der Waals surface area contributed by atoms with E-state index >= 15 is 0 Å². The molecule has 2 aromatic carbocycles. The van der Waals surface area contributed by atoms with Crippen LogP contribution in [-0.4, -0.2) is 0 Å². The molecule has 2 rings (SSSR count). The molecule has 0 aliphatic rings. The van der Waals surface area contributed by atoms with Crippen molar-refractivity contribution in [1.82, 2.24) is 0 Å². The molecule has 0 N–H and O–H groups in total. The molecule has 0 aliphatic carbocycles. The lowest BCUT2D eigenvalue weighted by atomic mass is 9.85. The molecule has 0 aromatic heterocycles. The second-order valence-corrected chi connectivity index (χ2v) is 5.51. The molecule has 0 saturated carbocycles. The van der Waals surface area contributed by atoms with E-state index in [0.717, 1.165) is 11.1 Å². The maximum Gasteiger partial charge on any atom is -0.0119 e. The van der Waals surface area contributed by atoms with E-state index in [9.17, 15) is 0 Å². The maximum absolute atomic E-state index is 4.32. The fourth-order valence-electron chi connectivity index (χ4n) is 3.09. The first kappa shape index (κ1) is 14.3. The van der Waals surface area contributed by atoms with E-state index in [0.29, 0.717) is 0 Å². The van der Waals surface area contributed by atoms with Crippen molar-refractivity contribution in [3.05, 3.63) is 82.9 Å². The van der Waals surface area contributed by atoms with Gasteiger partial charge in [0.2, 0.25) is 0 Å². The predicted octanol–water partition coefficient (Wildman–Crippen LogP) is 5.71. The first-order valence-corrected chi connectivity index (χ1v) is 6.95. The van der Waals surface area contributed by atoms with Crippen molar-refractivity contribution in [3.63, 3.8) is 0 Å². The van der Waals surface area contributed by atoms with Crippen LogP contribution in [0.3, 0.4) is 0 Å². The van der Waals surface area contributed by atoms with Gasteiger partial charge in [-0.3, -0.25) is 0 Å². The van der Waals surface area contributed by atoms with Crippen molar-refractivity contribution in [1.29, 1.82) is 0 Å². The van der Waals surface area contributed by atoms with Crippen LogP contribution in [0, 0.1) is 20.8 Å². The molecular weight excluding hydrogens is 240 g/mol. The van der Waals surface area contributed by atoms with Gasteiger partial charge in [0.15, 0.2) is 0 Å². The fraction of sp³-hybridized carbons (Fsp3) is 0.200. The van der Waals surface area contributed by atoms with Crippen LogP contribution >= 0.6 is 0 Å². The molecule has 0 amide bonds. The summed E-state index contributed by atoms with van der Waals surface area (Å²) in [6.45, 7) is 17.0. The first-order valence-electron chi connectivity index (χ1n) is 6.95. The highest BCUT2D eigenvalue weighted by atomic mass is 14.2. The molecule has 0 atom stereocenters. The number of benzene rings is 2. The lowest BCUT2D eigenvalue weighted by Gasteiger charge is -2.19. The predicted molar refractivity (Wildman–Crippen MR) is 89.9 cm³/mol. The van der Waals surface area contributed by atoms with Crippen LogP contribution in [0.2, 0.25) is 0 Å². The maximum atomic E-state index is 4.32. The molecule has 0 heteroatoms. The van der Waals surface area contributed by atoms with Crippen LogP contribution in [0.5, 0.6) is 0 Å². The Balaban J connectivity index is 2.66. The summed E-state index contributed by atoms with van der Waals surface area (Å²) in [6, 6.07) is 12.6. The van der Waals surface area contributed by atoms with Gasteiger partial charge in [-0.15, -0.1) is 0 Å². The summed E-state index contributed by atoms with van der Waals surface area (Å²) < 4.78 is 0. The average Bonchev–Trinajstić information content (AvgIpc) is 2.38. The zero-order valence-corrected chi connectivity index (χ0v) is 12.9. The van der Waals surface area contributed by atoms with E-state index in [4.69, 9.17) is 0 Å². The van der Waals surface area contributed by atoms with Crippen molar-refractivity contribution in [2.75, 3.05) is 0 Å². The Bertz CT molecular complexity index is 673. The topological polar surface area (TPSA) is 0 Å². The van der Waals surface area contributed by atoms with Crippen LogP contribution in [-0.2, 0) is 0 Å². The third-order valence-electron chi connectivity index (χ3n) is 3.82. The van der Waals surface area contributed by atoms with E-state index in [2.05, 4.69) is 71.2 Å². The number of hydrogen-bond acceptors (Lipinski definition) is 0. The second kappa shape index (κ2) is 5.50. The minimum atomic E-state index is 1.09. The molecule has 2 aromatic rings. The molecule has 0 spiro atoms. The zero-order chi connectivity index (χ0) is 14.9. The Morgan fingerprint density at radius 2 is 1.40 bits per heavy atom. The van der Waals surface area contributed by atoms with Crippen molar-refractivity contribution in [2.24, 2.45) is 0 Å². The highest BCUT2D eigenvalue weighted by Crippen LogP contribution is 2.33. The van der Waals surface area contributed by atoms with Gasteiger partial charge in [-0.25, -0.2) is 0 Å². The number of allylic oxidation sites excluding steroid dienone is 1. The largest absolute Gasteiger partial charge is 0.0955 e. The lowest BCUT2D eigenvalue weighted by molar-refractivity contribution is 1.26. The van der Waals surface area contributed by atoms with Crippen LogP contribution in [0.15, 0.2) is 49.6 Å². The average molecular weight is 262 g/mol. The van der Waals surface area contributed by atoms with E-state index in [1.54, 1.807) is 0 Å². The molecule has 0 nitrogen and oxygen atoms in total. The van der Waals surface area contributed by atoms with Crippen LogP contribution in [0.4, 0.5) is 0 Å². The van der Waals surface area contributed by atoms with Crippen LogP contribution < -0.4 is 0 Å². The van der Waals surface area contributed by atoms with Gasteiger partial charge in [0.1, 0.15) is 0 Å². The highest BCUT2D eigenvalue weighted by molar-refractivity contribution is 5.85. The van der Waals surface area contributed by atoms with Crippen LogP contribution in [0.25, 0.3) is 11.1 Å². The van der Waals surface area contributed by atoms with Gasteiger partial charge in [0, 0.05) is 0 Å². The Kier molecular flexibility index (Phi) is 3.94. The molecule has 20 heavy (non-hydrogen) atoms. The molecule has 0 aliphatic heterocycles. The molecule has 0 bridgehead atoms. The summed E-state index contributed by atoms with van der Waals surface area (Å²) in [5.74, 6) is 0. The Morgan fingerprint density at radius 3 is 1.95 bits per heavy atom. The van der Waals surface area contributed by atoms with Gasteiger partial charge < -0.3 is 0 Å². The van der Waals surface area contributed by atoms with Gasteiger partial charge >= 0.3 is 0 Å². The molecule has 0 unspecified atom stereocenters. The summed E-state index contributed by atoms with van der Waals surface area (Å²) in [4.78, 5) is 0. The Morgan fingerprint density at radius 1 is 0.850 bits per heavy atom. The van der Waals surface area contributed by atoms with Gasteiger partial charge in [-0.1, -0.05) is 55.1 Å². The monoisotopic (exact) mass is 262 g/mol. The van der Waals surface area contributed by atoms with E-state index in [1.807, 2.05) is 6.07 Å². The standard InChI is InChI=1S/C20H22/c1-13(2)19-14(3)12-15(4)20(17(19)6)16(5)18-10-8-7-9-11-18/h7-12H,1,5H2,2-4,6H3. The normalized spacial score (nSPS) is 10.4. The number of aryl methyl sites for hydroxylation is 2. The summed E-state index contributed by atoms with van der Waals surface area (Å²) in [5.41, 5.74) is 9.74. The summed E-state index contributed by atoms with van der Waals surface area (Å²) >= 11 is 0. The zero-order valence-electron chi connectivity index (χ0n) is 12.9. The first-order chi connectivity index (χ1) is 9.43. The van der Waals surface area contributed by atoms with Gasteiger partial charge in [-0.05, 0) is 66.6 Å². The fourth-order valence-corrected chi connectivity index (χ4v) is 3.09. The molecule has 0 radical (unpaired) electrons. The van der Waals surface area contributed by atoms with E-state index in [1.165, 1.54) is 33.4 Å². The lowest BCUT2D eigenvalue weighted by Crippen LogP contribution is -2.00. The van der Waals surface area contributed by atoms with Crippen molar-refractivity contribution in [2.45, 2.75) is 27.7 Å². The van der Waals surface area contributed by atoms with Crippen molar-refractivity contribution < 1.29 is 0 Å². The van der Waals surface area contributed by atoms with Gasteiger partial charge in [0.05, 0.1) is 0 Å². The van der Waals surface area contributed by atoms with Gasteiger partial charge in [0.25, 0.3) is 0 Å². The third kappa shape index (κ3) is 2.46. The van der Waals surface area contributed by atoms with Crippen LogP contribution in [0.1, 0.15) is 40.3 Å². The molecule has 0 saturated heterocycles. The quantitative estimate of drug-likeness (QED) is 0.665. The summed E-state index contributed by atoms with van der Waals surface area (Å²) in [7, 11) is 0. The van der Waals surface area contributed by atoms with Gasteiger partial charge in [-0.2, -0.15) is 0 Å². The molecule has 102 valence electrons. The smallest absolute Gasteiger partial charge is 0.0119 e. The molecule has 0 fully saturated rings. The summed E-state index contributed by atoms with van der Waals surface area (Å²) in [6.07, 6.45) is 0. The molecule has 0 heterocycles. The third-order valence-corrected chi connectivity index (χ3v) is 3.82.